The quantitative estimate of drug-likeness (QED) is 0.168. The van der Waals surface area contributed by atoms with Gasteiger partial charge in [-0.25, -0.2) is 0 Å². The zero-order valence-electron chi connectivity index (χ0n) is 20.2. The summed E-state index contributed by atoms with van der Waals surface area (Å²) in [5, 5.41) is 18.0. The van der Waals surface area contributed by atoms with Gasteiger partial charge in [-0.1, -0.05) is 89.9 Å². The molecular weight excluding hydrogens is 537 g/mol. The van der Waals surface area contributed by atoms with Gasteiger partial charge >= 0.3 is 12.0 Å². The standard InChI is InChI=1S/C28H19Cl2N7O2/c29-23-17-16-20(18-24(23)30)34-35-25(19-10-4-1-5-11-19)36-37-26-31-27(38-21-12-6-2-7-13-21)33-28(32-26)39-22-14-8-3-9-15-22/h1-18,25H. The van der Waals surface area contributed by atoms with Crippen molar-refractivity contribution < 1.29 is 9.47 Å². The average Bonchev–Trinajstić information content (AvgIpc) is 2.96. The first-order valence-corrected chi connectivity index (χ1v) is 12.4. The number of halogens is 2. The van der Waals surface area contributed by atoms with E-state index in [-0.39, 0.29) is 18.0 Å². The van der Waals surface area contributed by atoms with E-state index in [4.69, 9.17) is 32.7 Å². The number of rotatable bonds is 9. The van der Waals surface area contributed by atoms with Gasteiger partial charge in [-0.2, -0.15) is 25.3 Å². The van der Waals surface area contributed by atoms with Gasteiger partial charge in [0.2, 0.25) is 6.17 Å². The minimum absolute atomic E-state index is 0.00947. The molecule has 192 valence electrons. The van der Waals surface area contributed by atoms with Crippen molar-refractivity contribution in [2.24, 2.45) is 20.5 Å². The maximum atomic E-state index is 6.11. The van der Waals surface area contributed by atoms with Crippen molar-refractivity contribution in [3.8, 4) is 23.5 Å². The Morgan fingerprint density at radius 1 is 0.564 bits per heavy atom. The number of aromatic nitrogens is 3. The lowest BCUT2D eigenvalue weighted by Gasteiger charge is -2.08. The summed E-state index contributed by atoms with van der Waals surface area (Å²) in [5.41, 5.74) is 1.26. The van der Waals surface area contributed by atoms with Crippen molar-refractivity contribution in [1.29, 1.82) is 0 Å². The predicted octanol–water partition coefficient (Wildman–Crippen LogP) is 9.33. The van der Waals surface area contributed by atoms with E-state index in [0.29, 0.717) is 27.2 Å². The van der Waals surface area contributed by atoms with Crippen LogP contribution in [0.1, 0.15) is 11.7 Å². The number of nitrogens with zero attached hydrogens (tertiary/aromatic N) is 7. The Labute approximate surface area is 233 Å². The molecule has 1 aromatic heterocycles. The summed E-state index contributed by atoms with van der Waals surface area (Å²) in [7, 11) is 0. The van der Waals surface area contributed by atoms with Gasteiger partial charge in [0.15, 0.2) is 0 Å². The number of hydrogen-bond acceptors (Lipinski definition) is 9. The average molecular weight is 556 g/mol. The van der Waals surface area contributed by atoms with Crippen LogP contribution in [0.4, 0.5) is 11.6 Å². The number of para-hydroxylation sites is 2. The van der Waals surface area contributed by atoms with Crippen LogP contribution in [0.3, 0.4) is 0 Å². The zero-order valence-corrected chi connectivity index (χ0v) is 21.7. The SMILES string of the molecule is Clc1ccc(N=NC(N=Nc2nc(Oc3ccccc3)nc(Oc3ccccc3)n2)c2ccccc2)cc1Cl. The number of azo groups is 2. The van der Waals surface area contributed by atoms with Crippen molar-refractivity contribution in [2.45, 2.75) is 6.17 Å². The second kappa shape index (κ2) is 12.7. The molecule has 1 atom stereocenters. The third kappa shape index (κ3) is 7.41. The van der Waals surface area contributed by atoms with Crippen molar-refractivity contribution in [2.75, 3.05) is 0 Å². The molecular formula is C28H19Cl2N7O2. The third-order valence-corrected chi connectivity index (χ3v) is 5.77. The van der Waals surface area contributed by atoms with E-state index in [2.05, 4.69) is 35.4 Å². The van der Waals surface area contributed by atoms with E-state index >= 15 is 0 Å². The Morgan fingerprint density at radius 3 is 1.67 bits per heavy atom. The molecule has 0 saturated heterocycles. The second-order valence-electron chi connectivity index (χ2n) is 7.84. The Morgan fingerprint density at radius 2 is 1.10 bits per heavy atom. The molecule has 0 spiro atoms. The van der Waals surface area contributed by atoms with Crippen LogP contribution < -0.4 is 9.47 Å². The van der Waals surface area contributed by atoms with Crippen LogP contribution >= 0.6 is 23.2 Å². The van der Waals surface area contributed by atoms with Crippen LogP contribution in [0.5, 0.6) is 23.5 Å². The summed E-state index contributed by atoms with van der Waals surface area (Å²) < 4.78 is 11.6. The predicted molar refractivity (Wildman–Crippen MR) is 148 cm³/mol. The molecule has 5 aromatic rings. The van der Waals surface area contributed by atoms with Gasteiger partial charge in [-0.15, -0.1) is 10.1 Å². The molecule has 39 heavy (non-hydrogen) atoms. The molecule has 0 bridgehead atoms. The lowest BCUT2D eigenvalue weighted by atomic mass is 10.2. The van der Waals surface area contributed by atoms with E-state index in [1.54, 1.807) is 42.5 Å². The molecule has 0 amide bonds. The Bertz CT molecular complexity index is 1530. The highest BCUT2D eigenvalue weighted by atomic mass is 35.5. The van der Waals surface area contributed by atoms with Gasteiger partial charge in [-0.05, 0) is 42.5 Å². The van der Waals surface area contributed by atoms with E-state index in [1.807, 2.05) is 66.7 Å². The summed E-state index contributed by atoms with van der Waals surface area (Å²) in [6, 6.07) is 32.5. The van der Waals surface area contributed by atoms with Gasteiger partial charge < -0.3 is 9.47 Å². The number of benzene rings is 4. The smallest absolute Gasteiger partial charge is 0.330 e. The summed E-state index contributed by atoms with van der Waals surface area (Å²) >= 11 is 12.1. The van der Waals surface area contributed by atoms with Crippen LogP contribution in [0.2, 0.25) is 10.0 Å². The number of ether oxygens (including phenoxy) is 2. The molecule has 0 radical (unpaired) electrons. The molecule has 5 rings (SSSR count). The molecule has 0 fully saturated rings. The Kier molecular flexibility index (Phi) is 8.42. The maximum Gasteiger partial charge on any atom is 0.330 e. The lowest BCUT2D eigenvalue weighted by Crippen LogP contribution is -1.98. The molecule has 4 aromatic carbocycles. The van der Waals surface area contributed by atoms with Crippen LogP contribution in [0, 0.1) is 0 Å². The summed E-state index contributed by atoms with van der Waals surface area (Å²) in [4.78, 5) is 12.8. The highest BCUT2D eigenvalue weighted by molar-refractivity contribution is 6.42. The van der Waals surface area contributed by atoms with Crippen molar-refractivity contribution in [1.82, 2.24) is 15.0 Å². The maximum absolute atomic E-state index is 6.11. The molecule has 0 N–H and O–H groups in total. The summed E-state index contributed by atoms with van der Waals surface area (Å²) in [6.45, 7) is 0. The zero-order chi connectivity index (χ0) is 26.9. The van der Waals surface area contributed by atoms with E-state index in [0.717, 1.165) is 5.56 Å². The molecule has 11 heteroatoms. The van der Waals surface area contributed by atoms with Crippen molar-refractivity contribution >= 4 is 34.8 Å². The number of hydrogen-bond donors (Lipinski definition) is 0. The van der Waals surface area contributed by atoms with Gasteiger partial charge in [0.25, 0.3) is 5.95 Å². The van der Waals surface area contributed by atoms with Crippen LogP contribution in [-0.2, 0) is 0 Å². The fourth-order valence-corrected chi connectivity index (χ4v) is 3.50. The van der Waals surface area contributed by atoms with E-state index in [9.17, 15) is 0 Å². The molecule has 9 nitrogen and oxygen atoms in total. The molecule has 1 unspecified atom stereocenters. The monoisotopic (exact) mass is 555 g/mol. The largest absolute Gasteiger partial charge is 0.424 e. The van der Waals surface area contributed by atoms with Gasteiger partial charge in [-0.3, -0.25) is 0 Å². The normalized spacial score (nSPS) is 12.1. The molecule has 1 heterocycles. The van der Waals surface area contributed by atoms with Crippen molar-refractivity contribution in [3.05, 3.63) is 125 Å². The molecule has 0 aliphatic heterocycles. The molecule has 0 aliphatic carbocycles. The van der Waals surface area contributed by atoms with Gasteiger partial charge in [0.1, 0.15) is 11.5 Å². The summed E-state index contributed by atoms with van der Waals surface area (Å²) in [5.74, 6) is 1.04. The fraction of sp³-hybridized carbons (Fsp3) is 0.0357. The van der Waals surface area contributed by atoms with Gasteiger partial charge in [0, 0.05) is 5.56 Å². The van der Waals surface area contributed by atoms with Crippen LogP contribution in [0.25, 0.3) is 0 Å². The molecule has 0 aliphatic rings. The fourth-order valence-electron chi connectivity index (χ4n) is 3.21. The van der Waals surface area contributed by atoms with Gasteiger partial charge in [0.05, 0.1) is 15.7 Å². The first-order valence-electron chi connectivity index (χ1n) is 11.7. The molecule has 0 saturated carbocycles. The van der Waals surface area contributed by atoms with Crippen molar-refractivity contribution in [3.63, 3.8) is 0 Å². The van der Waals surface area contributed by atoms with E-state index in [1.165, 1.54) is 0 Å². The van der Waals surface area contributed by atoms with E-state index < -0.39 is 6.17 Å². The van der Waals surface area contributed by atoms with Crippen LogP contribution in [-0.4, -0.2) is 15.0 Å². The lowest BCUT2D eigenvalue weighted by molar-refractivity contribution is 0.398. The Hall–Kier alpha value is -4.73. The van der Waals surface area contributed by atoms with Crippen LogP contribution in [0.15, 0.2) is 130 Å². The minimum Gasteiger partial charge on any atom is -0.424 e. The summed E-state index contributed by atoms with van der Waals surface area (Å²) in [6.07, 6.45) is -0.797. The minimum atomic E-state index is -0.797. The third-order valence-electron chi connectivity index (χ3n) is 5.03. The topological polar surface area (TPSA) is 107 Å². The Balaban J connectivity index is 1.47. The highest BCUT2D eigenvalue weighted by Gasteiger charge is 2.13. The second-order valence-corrected chi connectivity index (χ2v) is 8.66. The first-order chi connectivity index (χ1) is 19.1. The highest BCUT2D eigenvalue weighted by Crippen LogP contribution is 2.30. The first kappa shape index (κ1) is 25.9.